The number of Topliss-reactive ketones (excluding diaryl/α,β-unsaturated/α-hetero) is 1. The van der Waals surface area contributed by atoms with E-state index in [1.54, 1.807) is 54.6 Å². The van der Waals surface area contributed by atoms with Crippen molar-refractivity contribution in [2.45, 2.75) is 11.0 Å². The number of ketones is 1. The number of carbonyl (C=O) groups is 1. The Morgan fingerprint density at radius 1 is 1.14 bits per heavy atom. The topological polar surface area (TPSA) is 73.7 Å². The first kappa shape index (κ1) is 15.1. The molecule has 5 heteroatoms. The van der Waals surface area contributed by atoms with Crippen molar-refractivity contribution in [1.82, 2.24) is 0 Å². The lowest BCUT2D eigenvalue weighted by Crippen LogP contribution is -2.40. The standard InChI is InChI=1S/C16H13ClN2O2/c17-15(12-7-3-1-4-8-12)16(21,14(20)11-19-18)13-9-5-2-6-10-13/h1-11,15,21H/t15-,16-/m0/s1. The largest absolute Gasteiger partial charge is 0.375 e. The van der Waals surface area contributed by atoms with Crippen LogP contribution in [0.2, 0.25) is 0 Å². The van der Waals surface area contributed by atoms with Gasteiger partial charge >= 0.3 is 6.21 Å². The molecule has 21 heavy (non-hydrogen) atoms. The number of aliphatic hydroxyl groups is 1. The fourth-order valence-electron chi connectivity index (χ4n) is 2.12. The molecule has 0 saturated carbocycles. The van der Waals surface area contributed by atoms with Gasteiger partial charge in [0.2, 0.25) is 0 Å². The SMILES string of the molecule is [N-]=[N+]=CC(=O)[C@@](O)(c1ccccc1)[C@@H](Cl)c1ccccc1. The summed E-state index contributed by atoms with van der Waals surface area (Å²) in [6.45, 7) is 0. The zero-order valence-corrected chi connectivity index (χ0v) is 11.8. The molecule has 0 bridgehead atoms. The fourth-order valence-corrected chi connectivity index (χ4v) is 2.50. The zero-order chi connectivity index (χ0) is 15.3. The van der Waals surface area contributed by atoms with Crippen molar-refractivity contribution < 1.29 is 14.7 Å². The van der Waals surface area contributed by atoms with Crippen LogP contribution in [0.4, 0.5) is 0 Å². The molecule has 2 aromatic carbocycles. The van der Waals surface area contributed by atoms with Crippen LogP contribution >= 0.6 is 11.6 Å². The summed E-state index contributed by atoms with van der Waals surface area (Å²) < 4.78 is 0. The molecule has 106 valence electrons. The predicted molar refractivity (Wildman–Crippen MR) is 80.1 cm³/mol. The van der Waals surface area contributed by atoms with Gasteiger partial charge in [0.05, 0.1) is 5.38 Å². The highest BCUT2D eigenvalue weighted by atomic mass is 35.5. The summed E-state index contributed by atoms with van der Waals surface area (Å²) in [5, 5.41) is 9.90. The van der Waals surface area contributed by atoms with Crippen molar-refractivity contribution in [2.75, 3.05) is 0 Å². The van der Waals surface area contributed by atoms with Gasteiger partial charge in [0, 0.05) is 0 Å². The molecule has 0 fully saturated rings. The van der Waals surface area contributed by atoms with Gasteiger partial charge in [-0.25, -0.2) is 0 Å². The van der Waals surface area contributed by atoms with Crippen molar-refractivity contribution in [3.63, 3.8) is 0 Å². The van der Waals surface area contributed by atoms with Gasteiger partial charge in [-0.2, -0.15) is 4.79 Å². The molecule has 0 heterocycles. The van der Waals surface area contributed by atoms with Crippen molar-refractivity contribution >= 4 is 23.6 Å². The molecule has 0 saturated heterocycles. The van der Waals surface area contributed by atoms with Crippen LogP contribution in [0.5, 0.6) is 0 Å². The van der Waals surface area contributed by atoms with Crippen molar-refractivity contribution in [3.05, 3.63) is 77.3 Å². The van der Waals surface area contributed by atoms with E-state index in [4.69, 9.17) is 17.1 Å². The first-order valence-electron chi connectivity index (χ1n) is 6.29. The van der Waals surface area contributed by atoms with Crippen molar-refractivity contribution in [2.24, 2.45) is 0 Å². The first-order valence-corrected chi connectivity index (χ1v) is 6.73. The molecule has 0 amide bonds. The number of hydrogen-bond acceptors (Lipinski definition) is 2. The zero-order valence-electron chi connectivity index (χ0n) is 11.1. The molecule has 2 aromatic rings. The third-order valence-electron chi connectivity index (χ3n) is 3.22. The first-order chi connectivity index (χ1) is 10.1. The lowest BCUT2D eigenvalue weighted by Gasteiger charge is -2.29. The number of hydrogen-bond donors (Lipinski definition) is 1. The predicted octanol–water partition coefficient (Wildman–Crippen LogP) is 2.72. The van der Waals surface area contributed by atoms with Gasteiger partial charge in [-0.15, -0.1) is 11.6 Å². The van der Waals surface area contributed by atoms with Gasteiger partial charge in [0.1, 0.15) is 0 Å². The number of benzene rings is 2. The Balaban J connectivity index is 2.56. The summed E-state index contributed by atoms with van der Waals surface area (Å²) in [5.74, 6) is -0.792. The van der Waals surface area contributed by atoms with Crippen molar-refractivity contribution in [3.8, 4) is 0 Å². The van der Waals surface area contributed by atoms with E-state index in [1.807, 2.05) is 6.07 Å². The third-order valence-corrected chi connectivity index (χ3v) is 3.79. The van der Waals surface area contributed by atoms with E-state index in [0.29, 0.717) is 17.3 Å². The van der Waals surface area contributed by atoms with Crippen LogP contribution in [0.3, 0.4) is 0 Å². The van der Waals surface area contributed by atoms with E-state index in [-0.39, 0.29) is 0 Å². The molecule has 2 rings (SSSR count). The van der Waals surface area contributed by atoms with Crippen LogP contribution in [-0.4, -0.2) is 21.9 Å². The smallest absolute Gasteiger partial charge is 0.326 e. The second kappa shape index (κ2) is 6.46. The maximum atomic E-state index is 12.2. The normalized spacial score (nSPS) is 14.6. The van der Waals surface area contributed by atoms with Gasteiger partial charge in [0.25, 0.3) is 5.78 Å². The second-order valence-corrected chi connectivity index (χ2v) is 4.95. The molecule has 0 radical (unpaired) electrons. The summed E-state index contributed by atoms with van der Waals surface area (Å²) in [6, 6.07) is 17.1. The summed E-state index contributed by atoms with van der Waals surface area (Å²) in [4.78, 5) is 14.9. The number of nitrogens with zero attached hydrogens (tertiary/aromatic N) is 2. The van der Waals surface area contributed by atoms with Gasteiger partial charge < -0.3 is 10.6 Å². The monoisotopic (exact) mass is 300 g/mol. The summed E-state index contributed by atoms with van der Waals surface area (Å²) in [5.41, 5.74) is 7.50. The van der Waals surface area contributed by atoms with E-state index in [2.05, 4.69) is 4.79 Å². The van der Waals surface area contributed by atoms with Crippen LogP contribution in [0.25, 0.3) is 5.53 Å². The minimum absolute atomic E-state index is 0.332. The number of alkyl halides is 1. The van der Waals surface area contributed by atoms with Gasteiger partial charge in [-0.05, 0) is 11.1 Å². The molecule has 0 unspecified atom stereocenters. The molecule has 2 atom stereocenters. The number of halogens is 1. The molecule has 0 aliphatic heterocycles. The lowest BCUT2D eigenvalue weighted by molar-refractivity contribution is -0.134. The van der Waals surface area contributed by atoms with Crippen LogP contribution in [0.15, 0.2) is 60.7 Å². The highest BCUT2D eigenvalue weighted by Gasteiger charge is 2.46. The Labute approximate surface area is 127 Å². The Hall–Kier alpha value is -2.26. The third kappa shape index (κ3) is 2.93. The van der Waals surface area contributed by atoms with Crippen LogP contribution in [0, 0.1) is 0 Å². The molecule has 0 spiro atoms. The molecular formula is C16H13ClN2O2. The summed E-state index contributed by atoms with van der Waals surface area (Å²) in [6.07, 6.45) is 0.658. The Bertz CT molecular complexity index is 669. The van der Waals surface area contributed by atoms with E-state index >= 15 is 0 Å². The van der Waals surface area contributed by atoms with E-state index < -0.39 is 16.8 Å². The van der Waals surface area contributed by atoms with E-state index in [9.17, 15) is 9.90 Å². The quantitative estimate of drug-likeness (QED) is 0.399. The maximum Gasteiger partial charge on any atom is 0.326 e. The number of carbonyl (C=O) groups excluding carboxylic acids is 1. The molecule has 0 aliphatic carbocycles. The Kier molecular flexibility index (Phi) is 4.66. The molecule has 4 nitrogen and oxygen atoms in total. The van der Waals surface area contributed by atoms with Crippen LogP contribution in [0.1, 0.15) is 16.5 Å². The molecule has 0 aliphatic rings. The fraction of sp³-hybridized carbons (Fsp3) is 0.125. The Morgan fingerprint density at radius 2 is 1.67 bits per heavy atom. The minimum Gasteiger partial charge on any atom is -0.375 e. The maximum absolute atomic E-state index is 12.2. The average Bonchev–Trinajstić information content (AvgIpc) is 2.55. The summed E-state index contributed by atoms with van der Waals surface area (Å²) >= 11 is 6.36. The highest BCUT2D eigenvalue weighted by molar-refractivity contribution is 6.33. The second-order valence-electron chi connectivity index (χ2n) is 4.51. The van der Waals surface area contributed by atoms with Gasteiger partial charge in [0.15, 0.2) is 5.60 Å². The average molecular weight is 301 g/mol. The van der Waals surface area contributed by atoms with Gasteiger partial charge in [-0.1, -0.05) is 60.7 Å². The lowest BCUT2D eigenvalue weighted by atomic mass is 9.83. The number of rotatable bonds is 5. The van der Waals surface area contributed by atoms with Gasteiger partial charge in [-0.3, -0.25) is 4.79 Å². The molecule has 0 aromatic heterocycles. The van der Waals surface area contributed by atoms with Crippen LogP contribution in [-0.2, 0) is 10.4 Å². The van der Waals surface area contributed by atoms with E-state index in [1.165, 1.54) is 0 Å². The molecule has 1 N–H and O–H groups in total. The van der Waals surface area contributed by atoms with E-state index in [0.717, 1.165) is 0 Å². The minimum atomic E-state index is -2.02. The highest BCUT2D eigenvalue weighted by Crippen LogP contribution is 2.40. The van der Waals surface area contributed by atoms with Crippen molar-refractivity contribution in [1.29, 1.82) is 0 Å². The van der Waals surface area contributed by atoms with Crippen LogP contribution < -0.4 is 0 Å². The summed E-state index contributed by atoms with van der Waals surface area (Å²) in [7, 11) is 0. The Morgan fingerprint density at radius 3 is 2.19 bits per heavy atom. The molecular weight excluding hydrogens is 288 g/mol.